The third-order valence-corrected chi connectivity index (χ3v) is 13.9. The summed E-state index contributed by atoms with van der Waals surface area (Å²) < 4.78 is 74.8. The normalized spacial score (nSPS) is 33.5. The Kier molecular flexibility index (Phi) is 23.7. The summed E-state index contributed by atoms with van der Waals surface area (Å²) in [4.78, 5) is 74.2. The predicted molar refractivity (Wildman–Crippen MR) is 234 cm³/mol. The van der Waals surface area contributed by atoms with Crippen LogP contribution in [0.2, 0.25) is 0 Å². The Morgan fingerprint density at radius 3 is 1.48 bits per heavy atom. The average molecular weight is 1040 g/mol. The highest BCUT2D eigenvalue weighted by molar-refractivity contribution is 7.47. The zero-order chi connectivity index (χ0) is 51.2. The van der Waals surface area contributed by atoms with E-state index in [0.717, 1.165) is 7.11 Å². The molecule has 0 aromatic heterocycles. The quantitative estimate of drug-likeness (QED) is 0.0300. The molecule has 4 aliphatic rings. The first-order chi connectivity index (χ1) is 32.5. The minimum absolute atomic E-state index is 0.0222. The Bertz CT molecular complexity index is 1760. The van der Waals surface area contributed by atoms with Crippen LogP contribution in [0.4, 0.5) is 0 Å². The average Bonchev–Trinajstić information content (AvgIpc) is 3.88. The third kappa shape index (κ3) is 18.0. The monoisotopic (exact) mass is 1040 g/mol. The lowest BCUT2D eigenvalue weighted by Crippen LogP contribution is -2.64. The fraction of sp³-hybridized carbons (Fsp3) is 0.900. The van der Waals surface area contributed by atoms with Crippen molar-refractivity contribution in [3.63, 3.8) is 0 Å². The Balaban J connectivity index is 1.30. The van der Waals surface area contributed by atoms with Crippen LogP contribution < -0.4 is 10.6 Å². The van der Waals surface area contributed by atoms with Crippen molar-refractivity contribution in [2.75, 3.05) is 59.8 Å². The molecule has 4 aliphatic heterocycles. The molecule has 29 heteroatoms. The summed E-state index contributed by atoms with van der Waals surface area (Å²) in [5.41, 5.74) is 0. The van der Waals surface area contributed by atoms with Crippen molar-refractivity contribution in [2.45, 2.75) is 171 Å². The van der Waals surface area contributed by atoms with Crippen LogP contribution in [0, 0.1) is 0 Å². The number of unbranched alkanes of at least 4 members (excludes halogenated alkanes) is 2. The highest BCUT2D eigenvalue weighted by Gasteiger charge is 2.47. The molecule has 27 nitrogen and oxygen atoms in total. The second-order valence-corrected chi connectivity index (χ2v) is 20.6. The van der Waals surface area contributed by atoms with Gasteiger partial charge in [0.15, 0.2) is 12.6 Å². The molecule has 4 saturated heterocycles. The molecule has 400 valence electrons. The van der Waals surface area contributed by atoms with Crippen LogP contribution in [0.1, 0.15) is 79.1 Å². The first kappa shape index (κ1) is 59.2. The van der Waals surface area contributed by atoms with E-state index in [1.165, 1.54) is 23.6 Å². The summed E-state index contributed by atoms with van der Waals surface area (Å²) >= 11 is 0. The summed E-state index contributed by atoms with van der Waals surface area (Å²) in [6.07, 6.45) is -11.8. The van der Waals surface area contributed by atoms with Crippen LogP contribution in [-0.4, -0.2) is 225 Å². The molecule has 10 N–H and O–H groups in total. The SMILES string of the molecule is COP(=O)(O)OC1CC(COP(=O)(O)OC2CC(COC(C)C)N(C(=O)CCCCO[C@@H]3OC(CO)[C@H](O)[C@H](O)C3NC(C)=O)C2)N(C(=O)CCCCO[C@@H]2OC(CO)[C@H](O)[C@H](O)C2NC(C)=O)C1. The van der Waals surface area contributed by atoms with Crippen LogP contribution in [0.25, 0.3) is 0 Å². The molecule has 0 spiro atoms. The van der Waals surface area contributed by atoms with E-state index in [2.05, 4.69) is 15.2 Å². The molecule has 4 heterocycles. The number of ether oxygens (including phenoxy) is 5. The number of likely N-dealkylation sites (tertiary alicyclic amines) is 2. The smallest absolute Gasteiger partial charge is 0.394 e. The zero-order valence-corrected chi connectivity index (χ0v) is 41.3. The summed E-state index contributed by atoms with van der Waals surface area (Å²) in [7, 11) is -8.43. The van der Waals surface area contributed by atoms with Gasteiger partial charge >= 0.3 is 15.6 Å². The molecule has 16 atom stereocenters. The number of aliphatic hydroxyl groups excluding tert-OH is 6. The molecule has 0 aliphatic carbocycles. The molecule has 10 unspecified atom stereocenters. The third-order valence-electron chi connectivity index (χ3n) is 11.9. The Hall–Kier alpha value is -2.34. The molecule has 4 fully saturated rings. The highest BCUT2D eigenvalue weighted by Crippen LogP contribution is 2.49. The van der Waals surface area contributed by atoms with Crippen LogP contribution >= 0.6 is 15.6 Å². The van der Waals surface area contributed by atoms with Crippen molar-refractivity contribution in [1.29, 1.82) is 0 Å². The molecule has 0 aromatic rings. The van der Waals surface area contributed by atoms with Crippen molar-refractivity contribution in [1.82, 2.24) is 20.4 Å². The standard InChI is InChI=1S/C40H72N4O23P2/c1-22(2)62-20-25-14-28(17-43(25)31(49)10-6-8-12-60-39-33(41-23(3)47)37(53)35(51)29(18-45)64-39)67-69(57,58)63-21-26-15-27(66-68(55,56)59-5)16-44(26)32(50)11-7-9-13-61-40-34(42-24(4)48)38(54)36(52)30(19-46)65-40/h22,25-30,33-40,45-46,51-54H,6-21H2,1-5H3,(H,41,47)(H,42,48)(H,55,56)(H,57,58)/t25?,26?,27?,28?,29?,30?,33?,34?,35-,36-,37+,38+,39+,40+/m0/s1. The maximum Gasteiger partial charge on any atom is 0.472 e. The number of aliphatic hydroxyl groups is 6. The van der Waals surface area contributed by atoms with E-state index in [9.17, 15) is 68.7 Å². The van der Waals surface area contributed by atoms with Crippen molar-refractivity contribution in [3.8, 4) is 0 Å². The van der Waals surface area contributed by atoms with Gasteiger partial charge in [0.1, 0.15) is 48.7 Å². The van der Waals surface area contributed by atoms with Gasteiger partial charge in [0, 0.05) is 60.1 Å². The summed E-state index contributed by atoms with van der Waals surface area (Å²) in [5.74, 6) is -1.81. The van der Waals surface area contributed by atoms with Gasteiger partial charge in [-0.2, -0.15) is 0 Å². The largest absolute Gasteiger partial charge is 0.472 e. The number of nitrogens with one attached hydrogen (secondary N) is 2. The minimum atomic E-state index is -4.88. The van der Waals surface area contributed by atoms with Crippen molar-refractivity contribution in [2.24, 2.45) is 0 Å². The molecule has 0 saturated carbocycles. The van der Waals surface area contributed by atoms with Gasteiger partial charge in [0.25, 0.3) is 0 Å². The van der Waals surface area contributed by atoms with Crippen molar-refractivity contribution in [3.05, 3.63) is 0 Å². The van der Waals surface area contributed by atoms with E-state index in [1.54, 1.807) is 0 Å². The number of amides is 4. The van der Waals surface area contributed by atoms with E-state index in [0.29, 0.717) is 12.8 Å². The van der Waals surface area contributed by atoms with E-state index in [1.807, 2.05) is 13.8 Å². The lowest BCUT2D eigenvalue weighted by atomic mass is 9.97. The lowest BCUT2D eigenvalue weighted by molar-refractivity contribution is -0.270. The van der Waals surface area contributed by atoms with Crippen LogP contribution in [0.3, 0.4) is 0 Å². The van der Waals surface area contributed by atoms with Gasteiger partial charge in [-0.25, -0.2) is 9.13 Å². The molecule has 0 aromatic carbocycles. The topological polar surface area (TPSA) is 378 Å². The summed E-state index contributed by atoms with van der Waals surface area (Å²) in [6, 6.07) is -3.74. The number of phosphoric ester groups is 2. The first-order valence-electron chi connectivity index (χ1n) is 22.9. The molecule has 4 rings (SSSR count). The fourth-order valence-electron chi connectivity index (χ4n) is 8.43. The van der Waals surface area contributed by atoms with Gasteiger partial charge in [-0.1, -0.05) is 0 Å². The number of rotatable bonds is 27. The van der Waals surface area contributed by atoms with Gasteiger partial charge in [-0.05, 0) is 52.4 Å². The number of carbonyl (C=O) groups excluding carboxylic acids is 4. The zero-order valence-electron chi connectivity index (χ0n) is 39.5. The van der Waals surface area contributed by atoms with Gasteiger partial charge in [0.2, 0.25) is 23.6 Å². The molecule has 0 bridgehead atoms. The Morgan fingerprint density at radius 1 is 0.667 bits per heavy atom. The summed E-state index contributed by atoms with van der Waals surface area (Å²) in [6.45, 7) is 4.04. The first-order valence-corrected chi connectivity index (χ1v) is 25.9. The van der Waals surface area contributed by atoms with Gasteiger partial charge in [0.05, 0.1) is 56.8 Å². The predicted octanol–water partition coefficient (Wildman–Crippen LogP) is -2.49. The van der Waals surface area contributed by atoms with Gasteiger partial charge < -0.3 is 84.5 Å². The number of hydrogen-bond acceptors (Lipinski definition) is 21. The maximum atomic E-state index is 13.5. The van der Waals surface area contributed by atoms with E-state index >= 15 is 0 Å². The van der Waals surface area contributed by atoms with Crippen LogP contribution in [-0.2, 0) is 70.1 Å². The Labute approximate surface area is 400 Å². The van der Waals surface area contributed by atoms with E-state index in [4.69, 9.17) is 37.3 Å². The number of carbonyl (C=O) groups is 4. The van der Waals surface area contributed by atoms with E-state index in [-0.39, 0.29) is 83.4 Å². The summed E-state index contributed by atoms with van der Waals surface area (Å²) in [5, 5.41) is 65.5. The van der Waals surface area contributed by atoms with Gasteiger partial charge in [-0.3, -0.25) is 37.3 Å². The molecular weight excluding hydrogens is 966 g/mol. The van der Waals surface area contributed by atoms with Crippen LogP contribution in [0.5, 0.6) is 0 Å². The van der Waals surface area contributed by atoms with Crippen molar-refractivity contribution >= 4 is 39.3 Å². The van der Waals surface area contributed by atoms with Crippen molar-refractivity contribution < 1.29 is 111 Å². The number of nitrogens with zero attached hydrogens (tertiary/aromatic N) is 2. The van der Waals surface area contributed by atoms with Gasteiger partial charge in [-0.15, -0.1) is 0 Å². The van der Waals surface area contributed by atoms with Crippen LogP contribution in [0.15, 0.2) is 0 Å². The number of phosphoric acid groups is 2. The van der Waals surface area contributed by atoms with E-state index < -0.39 is 139 Å². The molecule has 69 heavy (non-hydrogen) atoms. The second-order valence-electron chi connectivity index (χ2n) is 17.6. The molecular formula is C40H72N4O23P2. The number of hydrogen-bond donors (Lipinski definition) is 10. The maximum absolute atomic E-state index is 13.5. The molecule has 4 amide bonds. The molecule has 0 radical (unpaired) electrons. The minimum Gasteiger partial charge on any atom is -0.394 e. The Morgan fingerprint density at radius 2 is 1.09 bits per heavy atom. The fourth-order valence-corrected chi connectivity index (χ4v) is 10.00. The second kappa shape index (κ2) is 27.6. The highest BCUT2D eigenvalue weighted by atomic mass is 31.2. The lowest BCUT2D eigenvalue weighted by Gasteiger charge is -2.42.